The molecule has 11 heteroatoms. The first-order valence-corrected chi connectivity index (χ1v) is 22.6. The Morgan fingerprint density at radius 3 is 1.29 bits per heavy atom. The van der Waals surface area contributed by atoms with E-state index in [1.807, 2.05) is 39.8 Å². The molecule has 2 aliphatic carbocycles. The summed E-state index contributed by atoms with van der Waals surface area (Å²) in [6.45, 7) is 26.6. The Kier molecular flexibility index (Phi) is 15.2. The molecule has 326 valence electrons. The zero-order valence-electron chi connectivity index (χ0n) is 38.6. The van der Waals surface area contributed by atoms with E-state index in [-0.39, 0.29) is 52.0 Å². The predicted molar refractivity (Wildman–Crippen MR) is 246 cm³/mol. The fourth-order valence-electron chi connectivity index (χ4n) is 9.97. The second kappa shape index (κ2) is 19.4. The van der Waals surface area contributed by atoms with Gasteiger partial charge in [0.25, 0.3) is 0 Å². The number of ether oxygens (including phenoxy) is 3. The number of morpholine rings is 3. The van der Waals surface area contributed by atoms with E-state index < -0.39 is 11.1 Å². The number of anilines is 1. The summed E-state index contributed by atoms with van der Waals surface area (Å²) >= 11 is 3.60. The van der Waals surface area contributed by atoms with Gasteiger partial charge >= 0.3 is 29.6 Å². The zero-order valence-corrected chi connectivity index (χ0v) is 42.2. The number of benzene rings is 4. The fourth-order valence-corrected chi connectivity index (χ4v) is 10.3. The summed E-state index contributed by atoms with van der Waals surface area (Å²) in [5.41, 5.74) is 11.7. The third-order valence-electron chi connectivity index (χ3n) is 13.9. The molecule has 0 N–H and O–H groups in total. The van der Waals surface area contributed by atoms with Gasteiger partial charge in [-0.3, -0.25) is 19.4 Å². The molecule has 62 heavy (non-hydrogen) atoms. The van der Waals surface area contributed by atoms with Gasteiger partial charge in [0.2, 0.25) is 0 Å². The molecule has 3 heterocycles. The number of hydrogen-bond donors (Lipinski definition) is 0. The summed E-state index contributed by atoms with van der Waals surface area (Å²) in [5.74, 6) is 0.364. The van der Waals surface area contributed by atoms with Crippen molar-refractivity contribution in [2.45, 2.75) is 77.3 Å². The molecule has 0 saturated carbocycles. The van der Waals surface area contributed by atoms with Crippen LogP contribution in [0.2, 0.25) is 0 Å². The minimum absolute atomic E-state index is 0. The van der Waals surface area contributed by atoms with Crippen LogP contribution in [-0.2, 0) is 25.0 Å². The Morgan fingerprint density at radius 1 is 0.532 bits per heavy atom. The number of carbonyl (C=O) groups is 2. The second-order valence-electron chi connectivity index (χ2n) is 18.8. The average molecular weight is 917 g/mol. The van der Waals surface area contributed by atoms with E-state index in [9.17, 15) is 9.59 Å². The van der Waals surface area contributed by atoms with Crippen molar-refractivity contribution >= 4 is 33.2 Å². The number of halogens is 1. The Bertz CT molecular complexity index is 2270. The van der Waals surface area contributed by atoms with Gasteiger partial charge in [0.05, 0.1) is 50.7 Å². The van der Waals surface area contributed by atoms with E-state index in [1.54, 1.807) is 0 Å². The van der Waals surface area contributed by atoms with Crippen molar-refractivity contribution in [3.8, 4) is 22.3 Å². The predicted octanol–water partition coefficient (Wildman–Crippen LogP) is 5.15. The number of Topliss-reactive ketones (excluding diaryl/α,β-unsaturated/α-hetero) is 2. The van der Waals surface area contributed by atoms with Crippen molar-refractivity contribution in [1.29, 1.82) is 0 Å². The molecular formula is C51H63BrN3NaO6. The van der Waals surface area contributed by atoms with Gasteiger partial charge < -0.3 is 24.2 Å². The van der Waals surface area contributed by atoms with Crippen LogP contribution in [0.15, 0.2) is 77.3 Å². The quantitative estimate of drug-likeness (QED) is 0.185. The number of ketones is 2. The smallest absolute Gasteiger partial charge is 0.857 e. The Hall–Kier alpha value is -2.74. The van der Waals surface area contributed by atoms with Gasteiger partial charge in [0.1, 0.15) is 0 Å². The largest absolute Gasteiger partial charge is 1.00 e. The van der Waals surface area contributed by atoms with Gasteiger partial charge in [-0.15, -0.1) is 0 Å². The third-order valence-corrected chi connectivity index (χ3v) is 14.4. The maximum Gasteiger partial charge on any atom is 1.00 e. The van der Waals surface area contributed by atoms with Crippen molar-refractivity contribution in [3.63, 3.8) is 0 Å². The number of rotatable bonds is 7. The van der Waals surface area contributed by atoms with Crippen LogP contribution in [0.1, 0.15) is 98.4 Å². The van der Waals surface area contributed by atoms with Gasteiger partial charge in [0.15, 0.2) is 11.6 Å². The van der Waals surface area contributed by atoms with Crippen LogP contribution in [0.25, 0.3) is 22.3 Å². The molecule has 9 rings (SSSR count). The van der Waals surface area contributed by atoms with Crippen LogP contribution in [0, 0.1) is 0 Å². The summed E-state index contributed by atoms with van der Waals surface area (Å²) in [6.07, 6.45) is 0. The van der Waals surface area contributed by atoms with Crippen molar-refractivity contribution < 1.29 is 58.5 Å². The van der Waals surface area contributed by atoms with Gasteiger partial charge in [0, 0.05) is 71.4 Å². The number of carbonyl (C=O) groups excluding carboxylic acids is 2. The van der Waals surface area contributed by atoms with Crippen molar-refractivity contribution in [1.82, 2.24) is 9.80 Å². The Morgan fingerprint density at radius 2 is 0.871 bits per heavy atom. The molecule has 0 unspecified atom stereocenters. The topological polar surface area (TPSA) is 94.6 Å². The monoisotopic (exact) mass is 915 g/mol. The summed E-state index contributed by atoms with van der Waals surface area (Å²) in [4.78, 5) is 33.9. The SMILES string of the molecule is CC1(C)c2cc(Br)ccc2-c2ccc(C(=O)C(C)(C)N3CCOCC3)cc21.CC1(C)c2cc(C(=O)C(C)(C)N3CCOCC3)ccc2-c2ccc(N3CCOCC3)cc21.C[O-].[Na+]. The van der Waals surface area contributed by atoms with Crippen molar-refractivity contribution in [2.75, 3.05) is 90.9 Å². The van der Waals surface area contributed by atoms with E-state index in [0.717, 1.165) is 75.2 Å². The van der Waals surface area contributed by atoms with Crippen LogP contribution in [0.3, 0.4) is 0 Å². The molecular weight excluding hydrogens is 853 g/mol. The normalized spacial score (nSPS) is 19.0. The maximum atomic E-state index is 13.6. The van der Waals surface area contributed by atoms with Gasteiger partial charge in [-0.1, -0.05) is 80.0 Å². The van der Waals surface area contributed by atoms with Crippen LogP contribution in [0.5, 0.6) is 0 Å². The fraction of sp³-hybridized carbons (Fsp3) is 0.490. The summed E-state index contributed by atoms with van der Waals surface area (Å²) in [7, 11) is 0.750. The van der Waals surface area contributed by atoms with Crippen molar-refractivity contribution in [3.05, 3.63) is 111 Å². The summed E-state index contributed by atoms with van der Waals surface area (Å²) < 4.78 is 17.6. The van der Waals surface area contributed by atoms with Crippen LogP contribution in [-0.4, -0.2) is 118 Å². The minimum atomic E-state index is -0.545. The molecule has 0 bridgehead atoms. The van der Waals surface area contributed by atoms with E-state index in [1.165, 1.54) is 50.2 Å². The molecule has 0 aromatic heterocycles. The van der Waals surface area contributed by atoms with E-state index >= 15 is 0 Å². The van der Waals surface area contributed by atoms with E-state index in [2.05, 4.69) is 119 Å². The molecule has 3 fully saturated rings. The van der Waals surface area contributed by atoms with Crippen molar-refractivity contribution in [2.24, 2.45) is 0 Å². The first-order chi connectivity index (χ1) is 29.0. The van der Waals surface area contributed by atoms with Crippen LogP contribution < -0.4 is 39.6 Å². The van der Waals surface area contributed by atoms with Crippen LogP contribution >= 0.6 is 15.9 Å². The molecule has 5 aliphatic rings. The number of nitrogens with zero attached hydrogens (tertiary/aromatic N) is 3. The number of fused-ring (bicyclic) bond motifs is 6. The first-order valence-electron chi connectivity index (χ1n) is 21.8. The minimum Gasteiger partial charge on any atom is -0.857 e. The third kappa shape index (κ3) is 9.08. The van der Waals surface area contributed by atoms with Crippen LogP contribution in [0.4, 0.5) is 5.69 Å². The average Bonchev–Trinajstić information content (AvgIpc) is 3.65. The molecule has 0 amide bonds. The van der Waals surface area contributed by atoms with E-state index in [0.29, 0.717) is 26.4 Å². The van der Waals surface area contributed by atoms with E-state index in [4.69, 9.17) is 19.3 Å². The molecule has 0 radical (unpaired) electrons. The van der Waals surface area contributed by atoms with Gasteiger partial charge in [-0.2, -0.15) is 7.11 Å². The van der Waals surface area contributed by atoms with Gasteiger partial charge in [-0.25, -0.2) is 0 Å². The molecule has 3 aliphatic heterocycles. The zero-order chi connectivity index (χ0) is 43.9. The molecule has 3 saturated heterocycles. The molecule has 0 spiro atoms. The summed E-state index contributed by atoms with van der Waals surface area (Å²) in [5, 5.41) is 8.25. The molecule has 4 aromatic rings. The standard InChI is InChI=1S/C27H34N2O3.C23H26BrNO2.CH3O.Na/c1-26(2)23-17-19(25(30)27(3,4)29-11-15-32-16-12-29)5-7-21(23)22-8-6-20(18-24(22)26)28-9-13-31-14-10-28;1-22(2)19-13-15(21(26)23(3,4)25-9-11-27-12-10-25)5-7-17(19)18-8-6-16(24)14-20(18)22;1-2;/h5-8,17-18H,9-16H2,1-4H3;5-8,13-14H,9-12H2,1-4H3;1H3;/q;;-1;+1. The number of hydrogen-bond acceptors (Lipinski definition) is 9. The molecule has 4 aromatic carbocycles. The molecule has 0 atom stereocenters. The maximum absolute atomic E-state index is 13.6. The Balaban J connectivity index is 0.000000198. The summed E-state index contributed by atoms with van der Waals surface area (Å²) in [6, 6.07) is 25.9. The molecule has 9 nitrogen and oxygen atoms in total. The second-order valence-corrected chi connectivity index (χ2v) is 19.7. The van der Waals surface area contributed by atoms with Gasteiger partial charge in [-0.05, 0) is 109 Å². The Labute approximate surface area is 399 Å². The first kappa shape index (κ1) is 48.7.